The van der Waals surface area contributed by atoms with E-state index in [1.54, 1.807) is 32.9 Å². The van der Waals surface area contributed by atoms with Gasteiger partial charge in [0.2, 0.25) is 5.91 Å². The van der Waals surface area contributed by atoms with Gasteiger partial charge >= 0.3 is 11.9 Å². The summed E-state index contributed by atoms with van der Waals surface area (Å²) in [5.41, 5.74) is 0.704. The van der Waals surface area contributed by atoms with Gasteiger partial charge in [0.05, 0.1) is 12.0 Å². The summed E-state index contributed by atoms with van der Waals surface area (Å²) in [6, 6.07) is 6.32. The van der Waals surface area contributed by atoms with E-state index < -0.39 is 17.4 Å². The Hall–Kier alpha value is -2.37. The second kappa shape index (κ2) is 7.03. The van der Waals surface area contributed by atoms with Crippen LogP contribution < -0.4 is 4.90 Å². The van der Waals surface area contributed by atoms with Crippen LogP contribution in [0.5, 0.6) is 0 Å². The van der Waals surface area contributed by atoms with E-state index in [0.717, 1.165) is 5.56 Å². The van der Waals surface area contributed by atoms with Crippen molar-refractivity contribution >= 4 is 23.5 Å². The molecule has 1 aromatic rings. The number of para-hydroxylation sites is 1. The quantitative estimate of drug-likeness (QED) is 0.808. The molecule has 1 N–H and O–H groups in total. The molecule has 2 rings (SSSR count). The monoisotopic (exact) mass is 333 g/mol. The second-order valence-corrected chi connectivity index (χ2v) is 6.55. The highest BCUT2D eigenvalue weighted by atomic mass is 16.5. The van der Waals surface area contributed by atoms with Gasteiger partial charge in [0.25, 0.3) is 0 Å². The van der Waals surface area contributed by atoms with Gasteiger partial charge in [-0.15, -0.1) is 0 Å². The van der Waals surface area contributed by atoms with Crippen LogP contribution in [0.2, 0.25) is 0 Å². The van der Waals surface area contributed by atoms with E-state index in [0.29, 0.717) is 18.5 Å². The highest BCUT2D eigenvalue weighted by Crippen LogP contribution is 2.34. The topological polar surface area (TPSA) is 83.9 Å². The van der Waals surface area contributed by atoms with Crippen LogP contribution in [0.4, 0.5) is 5.69 Å². The third-order valence-electron chi connectivity index (χ3n) is 4.32. The summed E-state index contributed by atoms with van der Waals surface area (Å²) in [4.78, 5) is 37.4. The predicted molar refractivity (Wildman–Crippen MR) is 88.7 cm³/mol. The van der Waals surface area contributed by atoms with Gasteiger partial charge in [-0.3, -0.25) is 14.5 Å². The van der Waals surface area contributed by atoms with Crippen molar-refractivity contribution in [2.24, 2.45) is 5.41 Å². The molecule has 0 aliphatic carbocycles. The summed E-state index contributed by atoms with van der Waals surface area (Å²) >= 11 is 0. The molecule has 1 aromatic carbocycles. The molecule has 1 aliphatic rings. The standard InChI is InChI=1S/C18H23NO5/c1-4-24-17(23)18(2,3)10-9-15(20)19-13-8-6-5-7-12(13)11-14(19)16(21)22/h5-8,14H,4,9-11H2,1-3H3,(H,21,22). The van der Waals surface area contributed by atoms with E-state index in [9.17, 15) is 19.5 Å². The Labute approximate surface area is 141 Å². The Morgan fingerprint density at radius 2 is 1.96 bits per heavy atom. The number of nitrogens with zero attached hydrogens (tertiary/aromatic N) is 1. The van der Waals surface area contributed by atoms with Gasteiger partial charge in [0.15, 0.2) is 0 Å². The maximum absolute atomic E-state index is 12.7. The number of fused-ring (bicyclic) bond motifs is 1. The molecule has 0 saturated carbocycles. The average Bonchev–Trinajstić information content (AvgIpc) is 2.92. The lowest BCUT2D eigenvalue weighted by Crippen LogP contribution is -2.43. The largest absolute Gasteiger partial charge is 0.480 e. The van der Waals surface area contributed by atoms with Crippen LogP contribution in [0, 0.1) is 5.41 Å². The molecule has 0 bridgehead atoms. The van der Waals surface area contributed by atoms with Gasteiger partial charge in [-0.25, -0.2) is 4.79 Å². The number of carboxylic acids is 1. The van der Waals surface area contributed by atoms with Crippen molar-refractivity contribution < 1.29 is 24.2 Å². The molecule has 0 fully saturated rings. The third kappa shape index (κ3) is 3.58. The maximum atomic E-state index is 12.7. The number of carbonyl (C=O) groups excluding carboxylic acids is 2. The number of rotatable bonds is 6. The highest BCUT2D eigenvalue weighted by molar-refractivity contribution is 6.02. The number of hydrogen-bond acceptors (Lipinski definition) is 4. The number of carboxylic acid groups (broad SMARTS) is 1. The van der Waals surface area contributed by atoms with Crippen molar-refractivity contribution in [3.63, 3.8) is 0 Å². The number of carbonyl (C=O) groups is 3. The zero-order chi connectivity index (χ0) is 17.9. The predicted octanol–water partition coefficient (Wildman–Crippen LogP) is 2.40. The molecule has 24 heavy (non-hydrogen) atoms. The zero-order valence-corrected chi connectivity index (χ0v) is 14.2. The molecule has 6 heteroatoms. The SMILES string of the molecule is CCOC(=O)C(C)(C)CCC(=O)N1c2ccccc2CC1C(=O)O. The lowest BCUT2D eigenvalue weighted by atomic mass is 9.87. The van der Waals surface area contributed by atoms with E-state index in [1.807, 2.05) is 12.1 Å². The normalized spacial score (nSPS) is 16.6. The first kappa shape index (κ1) is 18.0. The Morgan fingerprint density at radius 1 is 1.29 bits per heavy atom. The lowest BCUT2D eigenvalue weighted by Gasteiger charge is -2.26. The van der Waals surface area contributed by atoms with Crippen LogP contribution in [-0.2, 0) is 25.5 Å². The Bertz CT molecular complexity index is 653. The summed E-state index contributed by atoms with van der Waals surface area (Å²) in [5, 5.41) is 9.42. The van der Waals surface area contributed by atoms with Crippen LogP contribution in [0.15, 0.2) is 24.3 Å². The maximum Gasteiger partial charge on any atom is 0.327 e. The fourth-order valence-electron chi connectivity index (χ4n) is 2.86. The van der Waals surface area contributed by atoms with Crippen LogP contribution in [0.25, 0.3) is 0 Å². The average molecular weight is 333 g/mol. The van der Waals surface area contributed by atoms with Crippen LogP contribution in [0.3, 0.4) is 0 Å². The zero-order valence-electron chi connectivity index (χ0n) is 14.2. The number of ether oxygens (including phenoxy) is 1. The van der Waals surface area contributed by atoms with Crippen LogP contribution >= 0.6 is 0 Å². The fourth-order valence-corrected chi connectivity index (χ4v) is 2.86. The minimum absolute atomic E-state index is 0.0872. The molecular weight excluding hydrogens is 310 g/mol. The van der Waals surface area contributed by atoms with Crippen molar-refractivity contribution in [2.45, 2.75) is 46.1 Å². The number of aliphatic carboxylic acids is 1. The number of hydrogen-bond donors (Lipinski definition) is 1. The van der Waals surface area contributed by atoms with Gasteiger partial charge in [-0.05, 0) is 38.8 Å². The molecule has 6 nitrogen and oxygen atoms in total. The number of benzene rings is 1. The van der Waals surface area contributed by atoms with Gasteiger partial charge in [-0.2, -0.15) is 0 Å². The molecule has 0 aromatic heterocycles. The van der Waals surface area contributed by atoms with Gasteiger partial charge in [0.1, 0.15) is 6.04 Å². The van der Waals surface area contributed by atoms with Crippen LogP contribution in [0.1, 0.15) is 39.2 Å². The Morgan fingerprint density at radius 3 is 2.58 bits per heavy atom. The molecule has 0 spiro atoms. The first-order valence-corrected chi connectivity index (χ1v) is 8.08. The molecule has 1 aliphatic heterocycles. The van der Waals surface area contributed by atoms with Gasteiger partial charge < -0.3 is 9.84 Å². The molecule has 1 unspecified atom stereocenters. The van der Waals surface area contributed by atoms with Crippen molar-refractivity contribution in [2.75, 3.05) is 11.5 Å². The first-order valence-electron chi connectivity index (χ1n) is 8.08. The number of amides is 1. The fraction of sp³-hybridized carbons (Fsp3) is 0.500. The van der Waals surface area contributed by atoms with Gasteiger partial charge in [-0.1, -0.05) is 18.2 Å². The number of anilines is 1. The molecule has 130 valence electrons. The van der Waals surface area contributed by atoms with Gasteiger partial charge in [0, 0.05) is 18.5 Å². The van der Waals surface area contributed by atoms with Crippen LogP contribution in [-0.4, -0.2) is 35.6 Å². The summed E-state index contributed by atoms with van der Waals surface area (Å²) in [7, 11) is 0. The van der Waals surface area contributed by atoms with E-state index in [2.05, 4.69) is 0 Å². The molecule has 1 atom stereocenters. The first-order chi connectivity index (χ1) is 11.3. The minimum Gasteiger partial charge on any atom is -0.480 e. The molecule has 0 saturated heterocycles. The molecule has 1 heterocycles. The van der Waals surface area contributed by atoms with E-state index in [-0.39, 0.29) is 24.9 Å². The smallest absolute Gasteiger partial charge is 0.327 e. The van der Waals surface area contributed by atoms with Crippen molar-refractivity contribution in [3.05, 3.63) is 29.8 Å². The summed E-state index contributed by atoms with van der Waals surface area (Å²) in [6.07, 6.45) is 0.693. The molecular formula is C18H23NO5. The number of esters is 1. The van der Waals surface area contributed by atoms with E-state index in [1.165, 1.54) is 4.90 Å². The minimum atomic E-state index is -1.02. The van der Waals surface area contributed by atoms with E-state index in [4.69, 9.17) is 4.74 Å². The lowest BCUT2D eigenvalue weighted by molar-refractivity contribution is -0.154. The van der Waals surface area contributed by atoms with Crippen molar-refractivity contribution in [3.8, 4) is 0 Å². The second-order valence-electron chi connectivity index (χ2n) is 6.55. The Kier molecular flexibility index (Phi) is 5.26. The van der Waals surface area contributed by atoms with E-state index >= 15 is 0 Å². The summed E-state index contributed by atoms with van der Waals surface area (Å²) in [6.45, 7) is 5.48. The molecule has 1 amide bonds. The third-order valence-corrected chi connectivity index (χ3v) is 4.32. The van der Waals surface area contributed by atoms with Crippen molar-refractivity contribution in [1.29, 1.82) is 0 Å². The Balaban J connectivity index is 2.13. The highest BCUT2D eigenvalue weighted by Gasteiger charge is 2.39. The summed E-state index contributed by atoms with van der Waals surface area (Å²) in [5.74, 6) is -1.66. The van der Waals surface area contributed by atoms with Crippen molar-refractivity contribution in [1.82, 2.24) is 0 Å². The molecule has 0 radical (unpaired) electrons. The summed E-state index contributed by atoms with van der Waals surface area (Å²) < 4.78 is 5.02.